The van der Waals surface area contributed by atoms with E-state index in [9.17, 15) is 0 Å². The second kappa shape index (κ2) is 28.6. The first-order valence-corrected chi connectivity index (χ1v) is 18.6. The van der Waals surface area contributed by atoms with E-state index in [0.717, 1.165) is 62.4 Å². The van der Waals surface area contributed by atoms with Crippen molar-refractivity contribution in [2.75, 3.05) is 50.8 Å². The molecule has 0 atom stereocenters. The summed E-state index contributed by atoms with van der Waals surface area (Å²) in [5.74, 6) is 2.38. The Labute approximate surface area is 274 Å². The molecule has 0 aliphatic heterocycles. The maximum Gasteiger partial charge on any atom is 0.0450 e. The minimum atomic E-state index is 0. The fourth-order valence-electron chi connectivity index (χ4n) is 4.39. The second-order valence-corrected chi connectivity index (χ2v) is 13.7. The molecule has 234 valence electrons. The minimum absolute atomic E-state index is 0. The van der Waals surface area contributed by atoms with Gasteiger partial charge in [-0.2, -0.15) is 0 Å². The van der Waals surface area contributed by atoms with Crippen LogP contribution in [0.2, 0.25) is 10.0 Å². The third-order valence-corrected chi connectivity index (χ3v) is 9.91. The first kappa shape index (κ1) is 38.9. The summed E-state index contributed by atoms with van der Waals surface area (Å²) in [4.78, 5) is 0. The highest BCUT2D eigenvalue weighted by molar-refractivity contribution is 8.76. The van der Waals surface area contributed by atoms with Gasteiger partial charge in [0, 0.05) is 47.7 Å². The molecule has 2 aromatic carbocycles. The molecule has 0 aliphatic carbocycles. The minimum Gasteiger partial charge on any atom is -0.316 e. The molecule has 0 aliphatic rings. The van der Waals surface area contributed by atoms with Crippen molar-refractivity contribution in [3.05, 3.63) is 69.7 Å². The number of nitrogens with one attached hydrogen (secondary N) is 4. The lowest BCUT2D eigenvalue weighted by atomic mass is 10.1. The molecule has 0 fully saturated rings. The van der Waals surface area contributed by atoms with Crippen molar-refractivity contribution in [2.45, 2.75) is 77.3 Å². The van der Waals surface area contributed by atoms with E-state index in [1.54, 1.807) is 0 Å². The molecule has 4 nitrogen and oxygen atoms in total. The van der Waals surface area contributed by atoms with Crippen molar-refractivity contribution < 1.29 is 0 Å². The van der Waals surface area contributed by atoms with E-state index in [2.05, 4.69) is 33.4 Å². The average Bonchev–Trinajstić information content (AvgIpc) is 2.96. The SMILES string of the molecule is Cl.Clc1ccccc1CNCCCCCCCNCCSSCCNCCCCCCCNCc1ccccc1Cl. The molecule has 0 saturated carbocycles. The number of hydrogen-bond donors (Lipinski definition) is 4. The van der Waals surface area contributed by atoms with Crippen LogP contribution < -0.4 is 21.3 Å². The van der Waals surface area contributed by atoms with Gasteiger partial charge in [0.15, 0.2) is 0 Å². The van der Waals surface area contributed by atoms with Gasteiger partial charge in [-0.05, 0) is 75.1 Å². The van der Waals surface area contributed by atoms with Crippen molar-refractivity contribution in [3.63, 3.8) is 0 Å². The van der Waals surface area contributed by atoms with Crippen LogP contribution in [0.25, 0.3) is 0 Å². The molecule has 0 amide bonds. The fourth-order valence-corrected chi connectivity index (χ4v) is 6.69. The van der Waals surface area contributed by atoms with Gasteiger partial charge in [-0.15, -0.1) is 12.4 Å². The summed E-state index contributed by atoms with van der Waals surface area (Å²) in [6.45, 7) is 8.40. The third kappa shape index (κ3) is 22.1. The van der Waals surface area contributed by atoms with Crippen LogP contribution in [-0.4, -0.2) is 50.8 Å². The number of unbranched alkanes of at least 4 members (excludes halogenated alkanes) is 8. The normalized spacial score (nSPS) is 11.1. The average molecular weight is 664 g/mol. The van der Waals surface area contributed by atoms with E-state index in [1.165, 1.54) is 86.8 Å². The zero-order valence-corrected chi connectivity index (χ0v) is 28.7. The summed E-state index contributed by atoms with van der Waals surface area (Å²) in [5.41, 5.74) is 2.37. The predicted octanol–water partition coefficient (Wildman–Crippen LogP) is 8.76. The summed E-state index contributed by atoms with van der Waals surface area (Å²) < 4.78 is 0. The molecule has 2 rings (SSSR count). The molecule has 0 radical (unpaired) electrons. The van der Waals surface area contributed by atoms with Gasteiger partial charge in [0.2, 0.25) is 0 Å². The van der Waals surface area contributed by atoms with Crippen LogP contribution in [0.1, 0.15) is 75.3 Å². The van der Waals surface area contributed by atoms with Gasteiger partial charge >= 0.3 is 0 Å². The zero-order chi connectivity index (χ0) is 28.4. The van der Waals surface area contributed by atoms with E-state index in [1.807, 2.05) is 58.0 Å². The van der Waals surface area contributed by atoms with Crippen molar-refractivity contribution in [1.82, 2.24) is 21.3 Å². The molecule has 4 N–H and O–H groups in total. The van der Waals surface area contributed by atoms with Crippen molar-refractivity contribution in [1.29, 1.82) is 0 Å². The Bertz CT molecular complexity index is 794. The smallest absolute Gasteiger partial charge is 0.0450 e. The Morgan fingerprint density at radius 2 is 0.780 bits per heavy atom. The Morgan fingerprint density at radius 3 is 1.17 bits per heavy atom. The van der Waals surface area contributed by atoms with E-state index in [4.69, 9.17) is 23.2 Å². The molecule has 0 saturated heterocycles. The summed E-state index contributed by atoms with van der Waals surface area (Å²) in [7, 11) is 4.00. The van der Waals surface area contributed by atoms with Crippen LogP contribution in [0.3, 0.4) is 0 Å². The van der Waals surface area contributed by atoms with Gasteiger partial charge in [-0.1, -0.05) is 120 Å². The summed E-state index contributed by atoms with van der Waals surface area (Å²) in [6.07, 6.45) is 13.0. The van der Waals surface area contributed by atoms with Crippen LogP contribution in [-0.2, 0) is 13.1 Å². The zero-order valence-electron chi connectivity index (χ0n) is 24.7. The van der Waals surface area contributed by atoms with Gasteiger partial charge in [-0.3, -0.25) is 0 Å². The topological polar surface area (TPSA) is 48.1 Å². The van der Waals surface area contributed by atoms with Crippen molar-refractivity contribution in [2.24, 2.45) is 0 Å². The van der Waals surface area contributed by atoms with Crippen molar-refractivity contribution in [3.8, 4) is 0 Å². The predicted molar refractivity (Wildman–Crippen MR) is 190 cm³/mol. The molecule has 2 aromatic rings. The van der Waals surface area contributed by atoms with Gasteiger partial charge in [0.1, 0.15) is 0 Å². The molecular weight excluding hydrogens is 611 g/mol. The molecule has 41 heavy (non-hydrogen) atoms. The van der Waals surface area contributed by atoms with E-state index in [0.29, 0.717) is 0 Å². The largest absolute Gasteiger partial charge is 0.316 e. The van der Waals surface area contributed by atoms with Gasteiger partial charge in [0.25, 0.3) is 0 Å². The first-order chi connectivity index (χ1) is 19.8. The van der Waals surface area contributed by atoms with E-state index < -0.39 is 0 Å². The Balaban J connectivity index is 0.00000840. The maximum atomic E-state index is 6.19. The third-order valence-electron chi connectivity index (χ3n) is 6.77. The van der Waals surface area contributed by atoms with Crippen LogP contribution in [0.5, 0.6) is 0 Å². The molecule has 0 heterocycles. The van der Waals surface area contributed by atoms with Gasteiger partial charge < -0.3 is 21.3 Å². The molecular formula is C32H53Cl3N4S2. The number of rotatable bonds is 27. The first-order valence-electron chi connectivity index (χ1n) is 15.3. The lowest BCUT2D eigenvalue weighted by Gasteiger charge is -2.07. The Morgan fingerprint density at radius 1 is 0.439 bits per heavy atom. The van der Waals surface area contributed by atoms with Crippen LogP contribution in [0, 0.1) is 0 Å². The molecule has 0 bridgehead atoms. The van der Waals surface area contributed by atoms with Crippen LogP contribution >= 0.6 is 57.2 Å². The number of hydrogen-bond acceptors (Lipinski definition) is 6. The van der Waals surface area contributed by atoms with E-state index in [-0.39, 0.29) is 12.4 Å². The van der Waals surface area contributed by atoms with E-state index >= 15 is 0 Å². The molecule has 0 unspecified atom stereocenters. The van der Waals surface area contributed by atoms with Crippen molar-refractivity contribution >= 4 is 57.2 Å². The second-order valence-electron chi connectivity index (χ2n) is 10.2. The lowest BCUT2D eigenvalue weighted by molar-refractivity contribution is 0.561. The molecule has 0 aromatic heterocycles. The maximum absolute atomic E-state index is 6.19. The molecule has 9 heteroatoms. The lowest BCUT2D eigenvalue weighted by Crippen LogP contribution is -2.19. The quantitative estimate of drug-likeness (QED) is 0.0567. The van der Waals surface area contributed by atoms with Crippen LogP contribution in [0.4, 0.5) is 0 Å². The number of benzene rings is 2. The van der Waals surface area contributed by atoms with Crippen LogP contribution in [0.15, 0.2) is 48.5 Å². The Kier molecular flexibility index (Phi) is 27.1. The monoisotopic (exact) mass is 662 g/mol. The molecule has 0 spiro atoms. The Hall–Kier alpha value is -0.150. The standard InChI is InChI=1S/C32H52Cl2N4S2.ClH/c33-31-17-9-7-15-29(31)27-37-21-13-5-1-3-11-19-35-23-25-39-40-26-24-36-20-12-4-2-6-14-22-38-28-30-16-8-10-18-32(30)34;/h7-10,15-18,35-38H,1-6,11-14,19-28H2;1H. The highest BCUT2D eigenvalue weighted by Crippen LogP contribution is 2.19. The number of halogens is 3. The fraction of sp³-hybridized carbons (Fsp3) is 0.625. The highest BCUT2D eigenvalue weighted by atomic mass is 35.5. The van der Waals surface area contributed by atoms with Gasteiger partial charge in [0.05, 0.1) is 0 Å². The summed E-state index contributed by atoms with van der Waals surface area (Å²) in [6, 6.07) is 16.1. The summed E-state index contributed by atoms with van der Waals surface area (Å²) in [5, 5.41) is 15.9. The van der Waals surface area contributed by atoms with Gasteiger partial charge in [-0.25, -0.2) is 0 Å². The highest BCUT2D eigenvalue weighted by Gasteiger charge is 1.99. The summed E-state index contributed by atoms with van der Waals surface area (Å²) >= 11 is 12.4.